The summed E-state index contributed by atoms with van der Waals surface area (Å²) in [6.45, 7) is 4.02. The highest BCUT2D eigenvalue weighted by atomic mass is 32.2. The van der Waals surface area contributed by atoms with Crippen molar-refractivity contribution < 1.29 is 9.59 Å². The molecule has 0 bridgehead atoms. The Morgan fingerprint density at radius 1 is 0.848 bits per heavy atom. The highest BCUT2D eigenvalue weighted by Gasteiger charge is 2.26. The molecule has 1 fully saturated rings. The van der Waals surface area contributed by atoms with Gasteiger partial charge < -0.3 is 5.32 Å². The third-order valence-electron chi connectivity index (χ3n) is 5.41. The number of amides is 1. The van der Waals surface area contributed by atoms with E-state index in [1.165, 1.54) is 11.8 Å². The molecule has 0 aliphatic carbocycles. The van der Waals surface area contributed by atoms with E-state index in [-0.39, 0.29) is 18.1 Å². The minimum atomic E-state index is -0.214. The highest BCUT2D eigenvalue weighted by Crippen LogP contribution is 2.35. The standard InChI is InChI=1S/C28H23NO2S2/c1-18-8-12-21(13-9-18)24(26-27(31)29-28(32)33-26)16-23(20-6-4-3-5-7-20)17-25(30)22-14-10-19(2)11-15-22/h3-16H,17H2,1-2H3,(H,29,31,32)/b23-16+,26-24+. The quantitative estimate of drug-likeness (QED) is 0.254. The van der Waals surface area contributed by atoms with Crippen LogP contribution in [0.4, 0.5) is 0 Å². The first-order valence-electron chi connectivity index (χ1n) is 10.6. The summed E-state index contributed by atoms with van der Waals surface area (Å²) >= 11 is 6.49. The van der Waals surface area contributed by atoms with Crippen LogP contribution >= 0.6 is 24.0 Å². The summed E-state index contributed by atoms with van der Waals surface area (Å²) in [5, 5.41) is 2.71. The van der Waals surface area contributed by atoms with Crippen LogP contribution in [0.15, 0.2) is 89.8 Å². The third kappa shape index (κ3) is 5.56. The van der Waals surface area contributed by atoms with E-state index >= 15 is 0 Å². The molecule has 5 heteroatoms. The lowest BCUT2D eigenvalue weighted by molar-refractivity contribution is -0.115. The fourth-order valence-corrected chi connectivity index (χ4v) is 4.68. The van der Waals surface area contributed by atoms with Crippen LogP contribution in [0.1, 0.15) is 39.0 Å². The van der Waals surface area contributed by atoms with Crippen LogP contribution in [-0.4, -0.2) is 16.0 Å². The van der Waals surface area contributed by atoms with Gasteiger partial charge in [-0.3, -0.25) is 9.59 Å². The lowest BCUT2D eigenvalue weighted by Gasteiger charge is -2.12. The van der Waals surface area contributed by atoms with Gasteiger partial charge in [-0.15, -0.1) is 0 Å². The van der Waals surface area contributed by atoms with Crippen LogP contribution in [0.3, 0.4) is 0 Å². The van der Waals surface area contributed by atoms with Gasteiger partial charge in [-0.25, -0.2) is 0 Å². The van der Waals surface area contributed by atoms with Crippen LogP contribution < -0.4 is 5.32 Å². The zero-order valence-corrected chi connectivity index (χ0v) is 20.1. The molecule has 164 valence electrons. The first kappa shape index (κ1) is 22.9. The molecule has 1 amide bonds. The highest BCUT2D eigenvalue weighted by molar-refractivity contribution is 8.26. The van der Waals surface area contributed by atoms with Gasteiger partial charge in [-0.2, -0.15) is 0 Å². The van der Waals surface area contributed by atoms with Gasteiger partial charge in [0.1, 0.15) is 4.32 Å². The van der Waals surface area contributed by atoms with Crippen molar-refractivity contribution in [3.8, 4) is 0 Å². The van der Waals surface area contributed by atoms with E-state index in [4.69, 9.17) is 12.2 Å². The second-order valence-electron chi connectivity index (χ2n) is 7.95. The smallest absolute Gasteiger partial charge is 0.264 e. The average molecular weight is 470 g/mol. The number of rotatable bonds is 6. The summed E-state index contributed by atoms with van der Waals surface area (Å²) < 4.78 is 0.435. The maximum atomic E-state index is 13.2. The molecular weight excluding hydrogens is 446 g/mol. The number of ketones is 1. The molecule has 0 unspecified atom stereocenters. The maximum absolute atomic E-state index is 13.2. The summed E-state index contributed by atoms with van der Waals surface area (Å²) in [7, 11) is 0. The molecule has 1 heterocycles. The lowest BCUT2D eigenvalue weighted by Crippen LogP contribution is -2.18. The number of Topliss-reactive ketones (excluding diaryl/α,β-unsaturated/α-hetero) is 1. The van der Waals surface area contributed by atoms with E-state index < -0.39 is 0 Å². The second kappa shape index (κ2) is 10.1. The molecule has 3 aromatic rings. The van der Waals surface area contributed by atoms with Gasteiger partial charge in [0.15, 0.2) is 5.78 Å². The molecule has 1 aliphatic rings. The van der Waals surface area contributed by atoms with Crippen molar-refractivity contribution in [2.75, 3.05) is 0 Å². The Balaban J connectivity index is 1.83. The van der Waals surface area contributed by atoms with E-state index in [0.717, 1.165) is 33.4 Å². The van der Waals surface area contributed by atoms with Gasteiger partial charge in [0, 0.05) is 17.6 Å². The van der Waals surface area contributed by atoms with Gasteiger partial charge in [-0.1, -0.05) is 114 Å². The number of allylic oxidation sites excluding steroid dienone is 3. The van der Waals surface area contributed by atoms with E-state index in [1.807, 2.05) is 98.8 Å². The van der Waals surface area contributed by atoms with Crippen molar-refractivity contribution in [1.29, 1.82) is 0 Å². The van der Waals surface area contributed by atoms with Gasteiger partial charge in [0.05, 0.1) is 4.91 Å². The van der Waals surface area contributed by atoms with Crippen molar-refractivity contribution >= 4 is 51.1 Å². The number of hydrogen-bond acceptors (Lipinski definition) is 4. The van der Waals surface area contributed by atoms with E-state index in [0.29, 0.717) is 14.8 Å². The fourth-order valence-electron chi connectivity index (χ4n) is 3.58. The zero-order valence-electron chi connectivity index (χ0n) is 18.4. The van der Waals surface area contributed by atoms with Crippen molar-refractivity contribution in [3.63, 3.8) is 0 Å². The van der Waals surface area contributed by atoms with E-state index in [1.54, 1.807) is 0 Å². The van der Waals surface area contributed by atoms with Gasteiger partial charge in [-0.05, 0) is 36.6 Å². The molecule has 1 saturated heterocycles. The number of thioether (sulfide) groups is 1. The molecule has 1 N–H and O–H groups in total. The Morgan fingerprint density at radius 2 is 1.42 bits per heavy atom. The summed E-state index contributed by atoms with van der Waals surface area (Å²) in [6, 6.07) is 25.4. The number of hydrogen-bond donors (Lipinski definition) is 1. The molecule has 0 atom stereocenters. The number of nitrogens with one attached hydrogen (secondary N) is 1. The largest absolute Gasteiger partial charge is 0.307 e. The number of aryl methyl sites for hydroxylation is 2. The van der Waals surface area contributed by atoms with Crippen molar-refractivity contribution in [2.24, 2.45) is 0 Å². The Labute approximate surface area is 203 Å². The Bertz CT molecular complexity index is 1270. The van der Waals surface area contributed by atoms with Gasteiger partial charge >= 0.3 is 0 Å². The van der Waals surface area contributed by atoms with Crippen LogP contribution in [0.25, 0.3) is 11.1 Å². The summed E-state index contributed by atoms with van der Waals surface area (Å²) in [5.41, 5.74) is 6.35. The summed E-state index contributed by atoms with van der Waals surface area (Å²) in [5.74, 6) is -0.188. The summed E-state index contributed by atoms with van der Waals surface area (Å²) in [4.78, 5) is 26.4. The predicted molar refractivity (Wildman–Crippen MR) is 141 cm³/mol. The third-order valence-corrected chi connectivity index (χ3v) is 6.66. The molecule has 3 nitrogen and oxygen atoms in total. The molecule has 0 spiro atoms. The first-order valence-corrected chi connectivity index (χ1v) is 11.8. The molecule has 0 aromatic heterocycles. The fraction of sp³-hybridized carbons (Fsp3) is 0.107. The lowest BCUT2D eigenvalue weighted by atomic mass is 9.93. The van der Waals surface area contributed by atoms with E-state index in [9.17, 15) is 9.59 Å². The number of carbonyl (C=O) groups is 2. The molecule has 33 heavy (non-hydrogen) atoms. The van der Waals surface area contributed by atoms with E-state index in [2.05, 4.69) is 5.32 Å². The SMILES string of the molecule is Cc1ccc(C(=O)C/C(=C\C(=C2/SC(=S)NC2=O)c2ccc(C)cc2)c2ccccc2)cc1. The average Bonchev–Trinajstić information content (AvgIpc) is 3.15. The van der Waals surface area contributed by atoms with Crippen LogP contribution in [-0.2, 0) is 4.79 Å². The molecular formula is C28H23NO2S2. The second-order valence-corrected chi connectivity index (χ2v) is 9.64. The number of benzene rings is 3. The molecule has 4 rings (SSSR count). The zero-order chi connectivity index (χ0) is 23.4. The van der Waals surface area contributed by atoms with Crippen molar-refractivity contribution in [2.45, 2.75) is 20.3 Å². The van der Waals surface area contributed by atoms with Gasteiger partial charge in [0.2, 0.25) is 0 Å². The topological polar surface area (TPSA) is 46.2 Å². The van der Waals surface area contributed by atoms with Crippen LogP contribution in [0, 0.1) is 13.8 Å². The monoisotopic (exact) mass is 469 g/mol. The number of thiocarbonyl (C=S) groups is 1. The summed E-state index contributed by atoms with van der Waals surface area (Å²) in [6.07, 6.45) is 2.17. The molecule has 0 saturated carbocycles. The van der Waals surface area contributed by atoms with Crippen molar-refractivity contribution in [3.05, 3.63) is 118 Å². The minimum absolute atomic E-state index is 0.0254. The van der Waals surface area contributed by atoms with Crippen LogP contribution in [0.5, 0.6) is 0 Å². The van der Waals surface area contributed by atoms with Gasteiger partial charge in [0.25, 0.3) is 5.91 Å². The first-order chi connectivity index (χ1) is 15.9. The Morgan fingerprint density at radius 3 is 1.97 bits per heavy atom. The molecule has 0 radical (unpaired) electrons. The van der Waals surface area contributed by atoms with Crippen molar-refractivity contribution in [1.82, 2.24) is 5.32 Å². The maximum Gasteiger partial charge on any atom is 0.264 e. The Hall–Kier alpha value is -3.28. The van der Waals surface area contributed by atoms with Crippen LogP contribution in [0.2, 0.25) is 0 Å². The minimum Gasteiger partial charge on any atom is -0.307 e. The molecule has 3 aromatic carbocycles. The Kier molecular flexibility index (Phi) is 7.02. The normalized spacial score (nSPS) is 15.4. The molecule has 1 aliphatic heterocycles. The number of carbonyl (C=O) groups excluding carboxylic acids is 2. The predicted octanol–water partition coefficient (Wildman–Crippen LogP) is 6.52.